The van der Waals surface area contributed by atoms with Gasteiger partial charge in [-0.3, -0.25) is 9.59 Å². The zero-order valence-corrected chi connectivity index (χ0v) is 15.6. The van der Waals surface area contributed by atoms with Crippen LogP contribution < -0.4 is 14.8 Å². The second-order valence-electron chi connectivity index (χ2n) is 5.93. The van der Waals surface area contributed by atoms with Crippen LogP contribution >= 0.6 is 0 Å². The lowest BCUT2D eigenvalue weighted by atomic mass is 10.2. The molecule has 0 aliphatic carbocycles. The highest BCUT2D eigenvalue weighted by molar-refractivity contribution is 5.91. The average Bonchev–Trinajstić information content (AvgIpc) is 2.66. The molecule has 7 heteroatoms. The number of halogens is 1. The number of anilines is 1. The first-order valence-corrected chi connectivity index (χ1v) is 8.44. The van der Waals surface area contributed by atoms with Crippen molar-refractivity contribution in [1.29, 1.82) is 0 Å². The van der Waals surface area contributed by atoms with Gasteiger partial charge >= 0.3 is 0 Å². The predicted octanol–water partition coefficient (Wildman–Crippen LogP) is 3.22. The fourth-order valence-electron chi connectivity index (χ4n) is 2.53. The van der Waals surface area contributed by atoms with Gasteiger partial charge in [0.05, 0.1) is 14.2 Å². The fourth-order valence-corrected chi connectivity index (χ4v) is 2.53. The van der Waals surface area contributed by atoms with Crippen LogP contribution in [0.25, 0.3) is 0 Å². The number of hydrogen-bond donors (Lipinski definition) is 1. The second kappa shape index (κ2) is 9.56. The molecule has 2 aromatic rings. The summed E-state index contributed by atoms with van der Waals surface area (Å²) in [5.41, 5.74) is 1.37. The van der Waals surface area contributed by atoms with Gasteiger partial charge in [0.1, 0.15) is 5.82 Å². The Morgan fingerprint density at radius 3 is 2.30 bits per heavy atom. The molecule has 0 fully saturated rings. The van der Waals surface area contributed by atoms with Gasteiger partial charge in [0.15, 0.2) is 11.5 Å². The van der Waals surface area contributed by atoms with Crippen LogP contribution in [0.1, 0.15) is 18.9 Å². The summed E-state index contributed by atoms with van der Waals surface area (Å²) in [6, 6.07) is 11.0. The molecular weight excluding hydrogens is 351 g/mol. The molecule has 0 aromatic heterocycles. The van der Waals surface area contributed by atoms with Crippen LogP contribution in [-0.4, -0.2) is 37.5 Å². The number of hydrogen-bond acceptors (Lipinski definition) is 4. The summed E-state index contributed by atoms with van der Waals surface area (Å²) >= 11 is 0. The molecule has 0 heterocycles. The molecule has 144 valence electrons. The van der Waals surface area contributed by atoms with Gasteiger partial charge in [-0.15, -0.1) is 0 Å². The van der Waals surface area contributed by atoms with Crippen LogP contribution in [0.15, 0.2) is 42.5 Å². The van der Waals surface area contributed by atoms with E-state index in [0.29, 0.717) is 23.7 Å². The molecule has 0 saturated carbocycles. The van der Waals surface area contributed by atoms with E-state index in [1.807, 2.05) is 0 Å². The molecule has 0 aliphatic heterocycles. The SMILES string of the molecule is COc1ccc(NC(=O)CCN(Cc2ccc(F)cc2)C(C)=O)cc1OC. The first-order valence-electron chi connectivity index (χ1n) is 8.44. The number of benzene rings is 2. The van der Waals surface area contributed by atoms with Crippen LogP contribution in [0.5, 0.6) is 11.5 Å². The van der Waals surface area contributed by atoms with E-state index in [9.17, 15) is 14.0 Å². The minimum Gasteiger partial charge on any atom is -0.493 e. The molecule has 0 unspecified atom stereocenters. The summed E-state index contributed by atoms with van der Waals surface area (Å²) in [5, 5.41) is 2.77. The van der Waals surface area contributed by atoms with Crippen LogP contribution in [-0.2, 0) is 16.1 Å². The molecule has 2 rings (SSSR count). The largest absolute Gasteiger partial charge is 0.493 e. The number of nitrogens with one attached hydrogen (secondary N) is 1. The van der Waals surface area contributed by atoms with Crippen LogP contribution in [0, 0.1) is 5.82 Å². The van der Waals surface area contributed by atoms with E-state index in [1.165, 1.54) is 33.3 Å². The van der Waals surface area contributed by atoms with E-state index in [4.69, 9.17) is 9.47 Å². The van der Waals surface area contributed by atoms with Gasteiger partial charge in [-0.2, -0.15) is 0 Å². The van der Waals surface area contributed by atoms with E-state index in [0.717, 1.165) is 5.56 Å². The molecule has 0 bridgehead atoms. The highest BCUT2D eigenvalue weighted by Crippen LogP contribution is 2.29. The van der Waals surface area contributed by atoms with E-state index in [2.05, 4.69) is 5.32 Å². The second-order valence-corrected chi connectivity index (χ2v) is 5.93. The minimum atomic E-state index is -0.331. The third-order valence-corrected chi connectivity index (χ3v) is 4.01. The number of carbonyl (C=O) groups excluding carboxylic acids is 2. The molecule has 0 aliphatic rings. The Balaban J connectivity index is 1.93. The maximum atomic E-state index is 13.0. The molecule has 0 radical (unpaired) electrons. The lowest BCUT2D eigenvalue weighted by Crippen LogP contribution is -2.31. The Hall–Kier alpha value is -3.09. The quantitative estimate of drug-likeness (QED) is 0.770. The van der Waals surface area contributed by atoms with Crippen molar-refractivity contribution in [1.82, 2.24) is 4.90 Å². The number of rotatable bonds is 8. The Morgan fingerprint density at radius 2 is 1.70 bits per heavy atom. The topological polar surface area (TPSA) is 67.9 Å². The first-order chi connectivity index (χ1) is 12.9. The molecule has 1 N–H and O–H groups in total. The monoisotopic (exact) mass is 374 g/mol. The van der Waals surface area contributed by atoms with Crippen LogP contribution in [0.2, 0.25) is 0 Å². The van der Waals surface area contributed by atoms with Crippen molar-refractivity contribution in [2.45, 2.75) is 19.9 Å². The summed E-state index contributed by atoms with van der Waals surface area (Å²) in [5.74, 6) is 0.364. The standard InChI is InChI=1S/C20H23FN2O4/c1-14(24)23(13-15-4-6-16(21)7-5-15)11-10-20(25)22-17-8-9-18(26-2)19(12-17)27-3/h4-9,12H,10-11,13H2,1-3H3,(H,22,25). The highest BCUT2D eigenvalue weighted by atomic mass is 19.1. The predicted molar refractivity (Wildman–Crippen MR) is 100 cm³/mol. The summed E-state index contributed by atoms with van der Waals surface area (Å²) in [6.45, 7) is 2.01. The van der Waals surface area contributed by atoms with Gasteiger partial charge < -0.3 is 19.7 Å². The molecular formula is C20H23FN2O4. The van der Waals surface area contributed by atoms with Gasteiger partial charge in [-0.25, -0.2) is 4.39 Å². The zero-order valence-electron chi connectivity index (χ0n) is 15.6. The Kier molecular flexibility index (Phi) is 7.16. The summed E-state index contributed by atoms with van der Waals surface area (Å²) in [4.78, 5) is 25.6. The number of methoxy groups -OCH3 is 2. The van der Waals surface area contributed by atoms with Crippen molar-refractivity contribution < 1.29 is 23.5 Å². The zero-order chi connectivity index (χ0) is 19.8. The Bertz CT molecular complexity index is 793. The van der Waals surface area contributed by atoms with Crippen molar-refractivity contribution in [2.75, 3.05) is 26.1 Å². The minimum absolute atomic E-state index is 0.134. The first kappa shape index (κ1) is 20.2. The molecule has 2 aromatic carbocycles. The van der Waals surface area contributed by atoms with Crippen molar-refractivity contribution in [3.05, 3.63) is 53.8 Å². The summed E-state index contributed by atoms with van der Waals surface area (Å²) in [6.07, 6.45) is 0.134. The van der Waals surface area contributed by atoms with Crippen molar-refractivity contribution >= 4 is 17.5 Å². The highest BCUT2D eigenvalue weighted by Gasteiger charge is 2.13. The molecule has 0 spiro atoms. The third kappa shape index (κ3) is 5.99. The fraction of sp³-hybridized carbons (Fsp3) is 0.300. The van der Waals surface area contributed by atoms with Crippen LogP contribution in [0.4, 0.5) is 10.1 Å². The lowest BCUT2D eigenvalue weighted by molar-refractivity contribution is -0.129. The van der Waals surface area contributed by atoms with Crippen molar-refractivity contribution in [3.63, 3.8) is 0 Å². The normalized spacial score (nSPS) is 10.2. The summed E-state index contributed by atoms with van der Waals surface area (Å²) < 4.78 is 23.4. The molecule has 2 amide bonds. The van der Waals surface area contributed by atoms with Gasteiger partial charge in [-0.05, 0) is 29.8 Å². The van der Waals surface area contributed by atoms with E-state index < -0.39 is 0 Å². The molecule has 6 nitrogen and oxygen atoms in total. The smallest absolute Gasteiger partial charge is 0.226 e. The van der Waals surface area contributed by atoms with Gasteiger partial charge in [0.2, 0.25) is 11.8 Å². The number of ether oxygens (including phenoxy) is 2. The van der Waals surface area contributed by atoms with E-state index in [-0.39, 0.29) is 30.6 Å². The Labute approximate surface area is 157 Å². The summed E-state index contributed by atoms with van der Waals surface area (Å²) in [7, 11) is 3.05. The number of nitrogens with zero attached hydrogens (tertiary/aromatic N) is 1. The Morgan fingerprint density at radius 1 is 1.04 bits per heavy atom. The lowest BCUT2D eigenvalue weighted by Gasteiger charge is -2.21. The number of carbonyl (C=O) groups is 2. The van der Waals surface area contributed by atoms with Crippen molar-refractivity contribution in [3.8, 4) is 11.5 Å². The van der Waals surface area contributed by atoms with Crippen molar-refractivity contribution in [2.24, 2.45) is 0 Å². The van der Waals surface area contributed by atoms with Gasteiger partial charge in [-0.1, -0.05) is 12.1 Å². The van der Waals surface area contributed by atoms with E-state index in [1.54, 1.807) is 35.2 Å². The maximum Gasteiger partial charge on any atom is 0.226 e. The molecule has 0 saturated heterocycles. The average molecular weight is 374 g/mol. The van der Waals surface area contributed by atoms with E-state index >= 15 is 0 Å². The maximum absolute atomic E-state index is 13.0. The number of amides is 2. The molecule has 27 heavy (non-hydrogen) atoms. The molecule has 0 atom stereocenters. The van der Waals surface area contributed by atoms with Crippen LogP contribution in [0.3, 0.4) is 0 Å². The third-order valence-electron chi connectivity index (χ3n) is 4.01. The van der Waals surface area contributed by atoms with Gasteiger partial charge in [0, 0.05) is 38.2 Å². The van der Waals surface area contributed by atoms with Gasteiger partial charge in [0.25, 0.3) is 0 Å².